The van der Waals surface area contributed by atoms with E-state index in [2.05, 4.69) is 5.32 Å². The van der Waals surface area contributed by atoms with E-state index in [1.165, 1.54) is 0 Å². The van der Waals surface area contributed by atoms with E-state index in [-0.39, 0.29) is 6.61 Å². The van der Waals surface area contributed by atoms with Crippen LogP contribution in [0.3, 0.4) is 0 Å². The number of anilines is 1. The smallest absolute Gasteiger partial charge is 0.338 e. The van der Waals surface area contributed by atoms with Crippen LogP contribution < -0.4 is 10.1 Å². The quantitative estimate of drug-likeness (QED) is 0.670. The van der Waals surface area contributed by atoms with Crippen molar-refractivity contribution in [2.75, 3.05) is 19.0 Å². The van der Waals surface area contributed by atoms with Crippen molar-refractivity contribution in [3.05, 3.63) is 84.4 Å². The first-order valence-electron chi connectivity index (χ1n) is 8.43. The normalized spacial score (nSPS) is 10.1. The fourth-order valence-corrected chi connectivity index (χ4v) is 2.59. The van der Waals surface area contributed by atoms with Gasteiger partial charge in [-0.15, -0.1) is 0 Å². The summed E-state index contributed by atoms with van der Waals surface area (Å²) in [5, 5.41) is 2.80. The van der Waals surface area contributed by atoms with Crippen LogP contribution in [0.5, 0.6) is 5.75 Å². The number of methoxy groups -OCH3 is 1. The van der Waals surface area contributed by atoms with Gasteiger partial charge in [0.2, 0.25) is 0 Å². The fourth-order valence-electron chi connectivity index (χ4n) is 2.59. The third-order valence-electron chi connectivity index (χ3n) is 3.95. The molecule has 5 heteroatoms. The predicted octanol–water partition coefficient (Wildman–Crippen LogP) is 4.16. The number of nitrogens with one attached hydrogen (secondary N) is 1. The van der Waals surface area contributed by atoms with Crippen LogP contribution in [0.2, 0.25) is 0 Å². The van der Waals surface area contributed by atoms with Crippen LogP contribution >= 0.6 is 0 Å². The molecular weight excluding hydrogens is 342 g/mol. The molecule has 136 valence electrons. The molecule has 3 aromatic carbocycles. The maximum atomic E-state index is 12.2. The Bertz CT molecular complexity index is 921. The first-order valence-corrected chi connectivity index (χ1v) is 8.43. The third-order valence-corrected chi connectivity index (χ3v) is 3.95. The van der Waals surface area contributed by atoms with Crippen LogP contribution in [0.4, 0.5) is 5.69 Å². The highest BCUT2D eigenvalue weighted by Crippen LogP contribution is 2.27. The van der Waals surface area contributed by atoms with Crippen molar-refractivity contribution in [3.8, 4) is 16.9 Å². The van der Waals surface area contributed by atoms with Crippen molar-refractivity contribution >= 4 is 17.6 Å². The molecule has 5 nitrogen and oxygen atoms in total. The Morgan fingerprint density at radius 2 is 1.52 bits per heavy atom. The highest BCUT2D eigenvalue weighted by Gasteiger charge is 2.12. The minimum absolute atomic E-state index is 0.355. The molecule has 0 aromatic heterocycles. The molecule has 0 bridgehead atoms. The van der Waals surface area contributed by atoms with Crippen LogP contribution in [0, 0.1) is 0 Å². The molecule has 3 aromatic rings. The largest absolute Gasteiger partial charge is 0.497 e. The van der Waals surface area contributed by atoms with E-state index in [0.29, 0.717) is 17.0 Å². The van der Waals surface area contributed by atoms with E-state index in [4.69, 9.17) is 9.47 Å². The molecule has 0 fully saturated rings. The number of ether oxygens (including phenoxy) is 2. The molecule has 3 rings (SSSR count). The van der Waals surface area contributed by atoms with E-state index in [9.17, 15) is 9.59 Å². The zero-order valence-corrected chi connectivity index (χ0v) is 14.8. The second-order valence-electron chi connectivity index (χ2n) is 5.76. The zero-order valence-electron chi connectivity index (χ0n) is 14.8. The number of para-hydroxylation sites is 1. The number of hydrogen-bond acceptors (Lipinski definition) is 4. The van der Waals surface area contributed by atoms with E-state index in [1.54, 1.807) is 31.4 Å². The van der Waals surface area contributed by atoms with Gasteiger partial charge in [0.25, 0.3) is 5.91 Å². The lowest BCUT2D eigenvalue weighted by atomic mass is 10.0. The van der Waals surface area contributed by atoms with Crippen molar-refractivity contribution in [1.29, 1.82) is 0 Å². The van der Waals surface area contributed by atoms with Gasteiger partial charge in [0.15, 0.2) is 6.61 Å². The Kier molecular flexibility index (Phi) is 5.84. The van der Waals surface area contributed by atoms with E-state index >= 15 is 0 Å². The van der Waals surface area contributed by atoms with Crippen LogP contribution in [0.25, 0.3) is 11.1 Å². The van der Waals surface area contributed by atoms with Crippen LogP contribution in [0.15, 0.2) is 78.9 Å². The lowest BCUT2D eigenvalue weighted by molar-refractivity contribution is -0.119. The highest BCUT2D eigenvalue weighted by molar-refractivity contribution is 5.98. The Hall–Kier alpha value is -3.60. The zero-order chi connectivity index (χ0) is 19.1. The molecule has 1 amide bonds. The molecule has 0 aliphatic carbocycles. The second kappa shape index (κ2) is 8.67. The summed E-state index contributed by atoms with van der Waals surface area (Å²) in [6.07, 6.45) is 0. The highest BCUT2D eigenvalue weighted by atomic mass is 16.5. The Morgan fingerprint density at radius 1 is 0.852 bits per heavy atom. The summed E-state index contributed by atoms with van der Waals surface area (Å²) in [6, 6.07) is 23.7. The van der Waals surface area contributed by atoms with Crippen molar-refractivity contribution in [2.24, 2.45) is 0 Å². The summed E-state index contributed by atoms with van der Waals surface area (Å²) in [5.74, 6) is -0.328. The van der Waals surface area contributed by atoms with Gasteiger partial charge in [-0.05, 0) is 35.9 Å². The summed E-state index contributed by atoms with van der Waals surface area (Å²) in [6.45, 7) is -0.367. The average Bonchev–Trinajstić information content (AvgIpc) is 2.73. The molecule has 0 heterocycles. The lowest BCUT2D eigenvalue weighted by Crippen LogP contribution is -2.21. The summed E-state index contributed by atoms with van der Waals surface area (Å²) >= 11 is 0. The van der Waals surface area contributed by atoms with Gasteiger partial charge >= 0.3 is 5.97 Å². The van der Waals surface area contributed by atoms with Crippen LogP contribution in [0.1, 0.15) is 10.4 Å². The SMILES string of the molecule is COc1ccc(C(=O)OCC(=O)Nc2ccccc2-c2ccccc2)cc1. The van der Waals surface area contributed by atoms with Gasteiger partial charge in [-0.25, -0.2) is 4.79 Å². The maximum Gasteiger partial charge on any atom is 0.338 e. The van der Waals surface area contributed by atoms with Gasteiger partial charge in [-0.3, -0.25) is 4.79 Å². The van der Waals surface area contributed by atoms with Crippen molar-refractivity contribution in [2.45, 2.75) is 0 Å². The van der Waals surface area contributed by atoms with Crippen LogP contribution in [-0.4, -0.2) is 25.6 Å². The molecule has 0 radical (unpaired) electrons. The molecule has 0 unspecified atom stereocenters. The van der Waals surface area contributed by atoms with Gasteiger partial charge in [0.1, 0.15) is 5.75 Å². The Balaban J connectivity index is 1.62. The summed E-state index contributed by atoms with van der Waals surface area (Å²) in [5.41, 5.74) is 2.90. The van der Waals surface area contributed by atoms with Crippen molar-refractivity contribution in [1.82, 2.24) is 0 Å². The minimum Gasteiger partial charge on any atom is -0.497 e. The Labute approximate surface area is 157 Å². The lowest BCUT2D eigenvalue weighted by Gasteiger charge is -2.11. The monoisotopic (exact) mass is 361 g/mol. The summed E-state index contributed by atoms with van der Waals surface area (Å²) in [4.78, 5) is 24.3. The number of amides is 1. The topological polar surface area (TPSA) is 64.6 Å². The molecule has 0 aliphatic heterocycles. The first-order chi connectivity index (χ1) is 13.2. The van der Waals surface area contributed by atoms with E-state index in [1.807, 2.05) is 54.6 Å². The van der Waals surface area contributed by atoms with Gasteiger partial charge in [-0.2, -0.15) is 0 Å². The number of benzene rings is 3. The molecule has 0 saturated heterocycles. The second-order valence-corrected chi connectivity index (χ2v) is 5.76. The molecule has 27 heavy (non-hydrogen) atoms. The predicted molar refractivity (Wildman–Crippen MR) is 104 cm³/mol. The summed E-state index contributed by atoms with van der Waals surface area (Å²) < 4.78 is 10.1. The molecular formula is C22H19NO4. The minimum atomic E-state index is -0.566. The van der Waals surface area contributed by atoms with Crippen molar-refractivity contribution < 1.29 is 19.1 Å². The first kappa shape index (κ1) is 18.2. The number of carbonyl (C=O) groups excluding carboxylic acids is 2. The summed E-state index contributed by atoms with van der Waals surface area (Å²) in [7, 11) is 1.55. The van der Waals surface area contributed by atoms with Gasteiger partial charge < -0.3 is 14.8 Å². The van der Waals surface area contributed by atoms with Gasteiger partial charge in [0.05, 0.1) is 12.7 Å². The standard InChI is InChI=1S/C22H19NO4/c1-26-18-13-11-17(12-14-18)22(25)27-15-21(24)23-20-10-6-5-9-19(20)16-7-3-2-4-8-16/h2-14H,15H2,1H3,(H,23,24). The molecule has 0 saturated carbocycles. The van der Waals surface area contributed by atoms with E-state index < -0.39 is 11.9 Å². The maximum absolute atomic E-state index is 12.2. The van der Waals surface area contributed by atoms with Gasteiger partial charge in [0, 0.05) is 11.3 Å². The average molecular weight is 361 g/mol. The number of esters is 1. The number of hydrogen-bond donors (Lipinski definition) is 1. The molecule has 0 aliphatic rings. The molecule has 0 spiro atoms. The number of carbonyl (C=O) groups is 2. The van der Waals surface area contributed by atoms with Crippen molar-refractivity contribution in [3.63, 3.8) is 0 Å². The number of rotatable bonds is 6. The van der Waals surface area contributed by atoms with Gasteiger partial charge in [-0.1, -0.05) is 48.5 Å². The fraction of sp³-hybridized carbons (Fsp3) is 0.0909. The van der Waals surface area contributed by atoms with Crippen LogP contribution in [-0.2, 0) is 9.53 Å². The molecule has 0 atom stereocenters. The molecule has 1 N–H and O–H groups in total. The Morgan fingerprint density at radius 3 is 2.22 bits per heavy atom. The van der Waals surface area contributed by atoms with E-state index in [0.717, 1.165) is 11.1 Å². The third kappa shape index (κ3) is 4.73.